The first-order valence-electron chi connectivity index (χ1n) is 14.2. The van der Waals surface area contributed by atoms with Crippen LogP contribution in [0.1, 0.15) is 51.4 Å². The Labute approximate surface area is 242 Å². The molecule has 0 spiro atoms. The molecule has 0 aromatic carbocycles. The maximum Gasteiger partial charge on any atom is 0.405 e. The number of rotatable bonds is 21. The molecule has 0 radical (unpaired) electrons. The van der Waals surface area contributed by atoms with Crippen molar-refractivity contribution in [2.75, 3.05) is 52.7 Å². The summed E-state index contributed by atoms with van der Waals surface area (Å²) in [5.74, 6) is 0.564. The van der Waals surface area contributed by atoms with Gasteiger partial charge in [-0.3, -0.25) is 18.9 Å². The molecule has 16 heteroatoms. The monoisotopic (exact) mass is 604 g/mol. The molecule has 40 heavy (non-hydrogen) atoms. The van der Waals surface area contributed by atoms with E-state index in [-0.39, 0.29) is 68.4 Å². The molecule has 2 rings (SSSR count). The van der Waals surface area contributed by atoms with Crippen LogP contribution in [0.5, 0.6) is 0 Å². The summed E-state index contributed by atoms with van der Waals surface area (Å²) in [7, 11) is 1.01. The number of nitrogens with one attached hydrogen (secondary N) is 5. The van der Waals surface area contributed by atoms with Gasteiger partial charge in [-0.2, -0.15) is 11.8 Å². The van der Waals surface area contributed by atoms with Gasteiger partial charge in [0.25, 0.3) is 0 Å². The minimum Gasteiger partial charge on any atom is -0.358 e. The summed E-state index contributed by atoms with van der Waals surface area (Å²) >= 11 is 1.89. The average Bonchev–Trinajstić information content (AvgIpc) is 3.50. The van der Waals surface area contributed by atoms with Crippen molar-refractivity contribution < 1.29 is 32.8 Å². The molecule has 2 aliphatic heterocycles. The number of thioether (sulfide) groups is 1. The third-order valence-electron chi connectivity index (χ3n) is 6.93. The van der Waals surface area contributed by atoms with Crippen LogP contribution in [0.15, 0.2) is 0 Å². The number of urea groups is 1. The number of hydrogen-bond donors (Lipinski definition) is 5. The molecule has 0 aromatic heterocycles. The van der Waals surface area contributed by atoms with Gasteiger partial charge in [0.2, 0.25) is 17.7 Å². The molecule has 2 fully saturated rings. The maximum atomic E-state index is 12.7. The van der Waals surface area contributed by atoms with Crippen LogP contribution in [-0.2, 0) is 28.0 Å². The van der Waals surface area contributed by atoms with Crippen LogP contribution in [-0.4, -0.2) is 107 Å². The zero-order valence-electron chi connectivity index (χ0n) is 24.0. The Morgan fingerprint density at radius 3 is 2.60 bits per heavy atom. The number of carbonyl (C=O) groups excluding carboxylic acids is 4. The molecule has 0 saturated carbocycles. The van der Waals surface area contributed by atoms with Crippen LogP contribution in [0.3, 0.4) is 0 Å². The zero-order valence-corrected chi connectivity index (χ0v) is 25.7. The van der Waals surface area contributed by atoms with E-state index in [4.69, 9.17) is 9.05 Å². The van der Waals surface area contributed by atoms with E-state index < -0.39 is 7.75 Å². The summed E-state index contributed by atoms with van der Waals surface area (Å²) in [6, 6.07) is 0.380. The molecule has 2 heterocycles. The number of fused-ring (bicyclic) bond motifs is 1. The molecular weight excluding hydrogens is 558 g/mol. The van der Waals surface area contributed by atoms with E-state index >= 15 is 0 Å². The first-order chi connectivity index (χ1) is 19.2. The number of unbranched alkanes of at least 4 members (excludes halogenated alkanes) is 4. The van der Waals surface area contributed by atoms with Crippen molar-refractivity contribution in [3.63, 3.8) is 0 Å². The highest BCUT2D eigenvalue weighted by atomic mass is 32.2. The third-order valence-corrected chi connectivity index (χ3v) is 10.1. The van der Waals surface area contributed by atoms with E-state index in [0.29, 0.717) is 24.6 Å². The van der Waals surface area contributed by atoms with Crippen molar-refractivity contribution in [3.8, 4) is 0 Å². The molecule has 2 saturated heterocycles. The van der Waals surface area contributed by atoms with E-state index in [1.807, 2.05) is 11.8 Å². The molecule has 13 nitrogen and oxygen atoms in total. The predicted octanol–water partition coefficient (Wildman–Crippen LogP) is 0.376. The summed E-state index contributed by atoms with van der Waals surface area (Å²) in [5, 5.41) is 14.6. The van der Waals surface area contributed by atoms with Crippen LogP contribution in [0.25, 0.3) is 0 Å². The second kappa shape index (κ2) is 18.6. The lowest BCUT2D eigenvalue weighted by Crippen LogP contribution is -2.42. The molecule has 4 unspecified atom stereocenters. The van der Waals surface area contributed by atoms with Crippen LogP contribution in [0, 0.1) is 0 Å². The first kappa shape index (κ1) is 34.4. The number of hydrogen-bond acceptors (Lipinski definition) is 8. The van der Waals surface area contributed by atoms with Gasteiger partial charge in [0.05, 0.1) is 25.2 Å². The van der Waals surface area contributed by atoms with Crippen molar-refractivity contribution in [2.45, 2.75) is 75.0 Å². The van der Waals surface area contributed by atoms with Crippen molar-refractivity contribution in [1.29, 1.82) is 0 Å². The largest absolute Gasteiger partial charge is 0.405 e. The van der Waals surface area contributed by atoms with E-state index in [1.54, 1.807) is 7.85 Å². The summed E-state index contributed by atoms with van der Waals surface area (Å²) < 4.78 is 23.2. The van der Waals surface area contributed by atoms with Crippen molar-refractivity contribution >= 4 is 51.1 Å². The molecule has 0 aliphatic carbocycles. The Hall–Kier alpha value is -1.80. The molecular formula is C24H46BN6O7PS. The predicted molar refractivity (Wildman–Crippen MR) is 158 cm³/mol. The fraction of sp³-hybridized carbons (Fsp3) is 0.833. The SMILES string of the molecule is BCC(=O)N(CCNP(=O)(OC)OCCCCCCNC(=O)CCCCC1SCC2NC(=O)NC21)CC(=O)NC. The number of likely N-dealkylation sites (N-methyl/N-ethyl adjacent to an activating group) is 1. The average molecular weight is 605 g/mol. The van der Waals surface area contributed by atoms with Crippen LogP contribution in [0.2, 0.25) is 6.32 Å². The second-order valence-corrected chi connectivity index (χ2v) is 13.1. The van der Waals surface area contributed by atoms with Crippen molar-refractivity contribution in [1.82, 2.24) is 31.3 Å². The van der Waals surface area contributed by atoms with Crippen LogP contribution < -0.4 is 26.4 Å². The summed E-state index contributed by atoms with van der Waals surface area (Å²) in [5.41, 5.74) is 0. The Balaban J connectivity index is 1.47. The van der Waals surface area contributed by atoms with Crippen molar-refractivity contribution in [3.05, 3.63) is 0 Å². The van der Waals surface area contributed by atoms with Gasteiger partial charge in [0.15, 0.2) is 0 Å². The van der Waals surface area contributed by atoms with Crippen LogP contribution in [0.4, 0.5) is 4.79 Å². The lowest BCUT2D eigenvalue weighted by molar-refractivity contribution is -0.134. The van der Waals surface area contributed by atoms with Gasteiger partial charge in [-0.15, -0.1) is 0 Å². The standard InChI is InChI=1S/C24H46BN6O7PS/c1-26-21(33)16-31(22(34)15-25)13-12-28-39(36,37-2)38-14-8-4-3-7-11-27-20(32)10-6-5-9-19-23-18(17-40-19)29-24(35)30-23/h18-19,23H,3-17,25H2,1-2H3,(H,26,33)(H,27,32)(H,28,36)(H2,29,30,35). The molecule has 228 valence electrons. The van der Waals surface area contributed by atoms with Gasteiger partial charge in [0, 0.05) is 51.2 Å². The minimum atomic E-state index is -3.51. The van der Waals surface area contributed by atoms with Gasteiger partial charge in [-0.25, -0.2) is 14.4 Å². The number of carbonyl (C=O) groups is 4. The molecule has 0 aromatic rings. The van der Waals surface area contributed by atoms with E-state index in [2.05, 4.69) is 26.4 Å². The van der Waals surface area contributed by atoms with E-state index in [0.717, 1.165) is 44.3 Å². The van der Waals surface area contributed by atoms with Gasteiger partial charge in [-0.05, 0) is 32.0 Å². The van der Waals surface area contributed by atoms with Crippen molar-refractivity contribution in [2.24, 2.45) is 0 Å². The Morgan fingerprint density at radius 1 is 1.10 bits per heavy atom. The first-order valence-corrected chi connectivity index (χ1v) is 16.8. The lowest BCUT2D eigenvalue weighted by Gasteiger charge is -2.23. The zero-order chi connectivity index (χ0) is 29.4. The van der Waals surface area contributed by atoms with Crippen LogP contribution >= 0.6 is 19.5 Å². The quantitative estimate of drug-likeness (QED) is 0.0539. The Morgan fingerprint density at radius 2 is 1.88 bits per heavy atom. The lowest BCUT2D eigenvalue weighted by atomic mass is 10.0. The number of nitrogens with zero attached hydrogens (tertiary/aromatic N) is 1. The fourth-order valence-electron chi connectivity index (χ4n) is 4.61. The van der Waals surface area contributed by atoms with E-state index in [9.17, 15) is 23.7 Å². The molecule has 2 aliphatic rings. The normalized spacial score (nSPS) is 21.1. The molecule has 5 N–H and O–H groups in total. The van der Waals surface area contributed by atoms with E-state index in [1.165, 1.54) is 19.1 Å². The minimum absolute atomic E-state index is 0.0656. The Bertz CT molecular complexity index is 889. The summed E-state index contributed by atoms with van der Waals surface area (Å²) in [6.45, 7) is 1.16. The number of amides is 5. The van der Waals surface area contributed by atoms with Gasteiger partial charge in [0.1, 0.15) is 7.85 Å². The van der Waals surface area contributed by atoms with Gasteiger partial charge in [-0.1, -0.05) is 19.3 Å². The molecule has 5 amide bonds. The molecule has 4 atom stereocenters. The topological polar surface area (TPSA) is 167 Å². The summed E-state index contributed by atoms with van der Waals surface area (Å²) in [4.78, 5) is 48.6. The van der Waals surface area contributed by atoms with Gasteiger partial charge < -0.3 is 30.7 Å². The third kappa shape index (κ3) is 12.4. The highest BCUT2D eigenvalue weighted by Crippen LogP contribution is 2.42. The van der Waals surface area contributed by atoms with Gasteiger partial charge >= 0.3 is 13.8 Å². The fourth-order valence-corrected chi connectivity index (χ4v) is 7.22. The smallest absolute Gasteiger partial charge is 0.358 e. The Kier molecular flexibility index (Phi) is 16.0. The maximum absolute atomic E-state index is 12.7. The summed E-state index contributed by atoms with van der Waals surface area (Å²) in [6.07, 6.45) is 6.90. The second-order valence-electron chi connectivity index (χ2n) is 9.90. The highest BCUT2D eigenvalue weighted by molar-refractivity contribution is 8.00. The highest BCUT2D eigenvalue weighted by Gasteiger charge is 2.42. The molecule has 0 bridgehead atoms.